The first-order valence-electron chi connectivity index (χ1n) is 9.73. The van der Waals surface area contributed by atoms with Crippen LogP contribution in [-0.4, -0.2) is 43.4 Å². The summed E-state index contributed by atoms with van der Waals surface area (Å²) in [5.74, 6) is -2.18. The molecule has 0 saturated carbocycles. The quantitative estimate of drug-likeness (QED) is 0.372. The van der Waals surface area contributed by atoms with Gasteiger partial charge in [0.05, 0.1) is 13.0 Å². The maximum absolute atomic E-state index is 13.2. The van der Waals surface area contributed by atoms with Crippen LogP contribution < -0.4 is 5.32 Å². The SMILES string of the molecule is COC(=O)C(C=NC(=O)C1=CC=C(F)CC1C)CCCCNC(=O)OC(C)(C)C. The van der Waals surface area contributed by atoms with E-state index in [0.29, 0.717) is 31.4 Å². The van der Waals surface area contributed by atoms with E-state index in [1.54, 1.807) is 27.7 Å². The van der Waals surface area contributed by atoms with Crippen LogP contribution in [0.4, 0.5) is 9.18 Å². The van der Waals surface area contributed by atoms with Gasteiger partial charge in [-0.25, -0.2) is 14.2 Å². The predicted molar refractivity (Wildman–Crippen MR) is 108 cm³/mol. The van der Waals surface area contributed by atoms with Gasteiger partial charge in [-0.1, -0.05) is 19.4 Å². The smallest absolute Gasteiger partial charge is 0.407 e. The Balaban J connectivity index is 2.52. The van der Waals surface area contributed by atoms with Gasteiger partial charge in [-0.15, -0.1) is 0 Å². The second-order valence-corrected chi connectivity index (χ2v) is 7.98. The molecule has 1 rings (SSSR count). The van der Waals surface area contributed by atoms with Crippen molar-refractivity contribution in [2.24, 2.45) is 16.8 Å². The second-order valence-electron chi connectivity index (χ2n) is 7.98. The zero-order valence-electron chi connectivity index (χ0n) is 17.8. The summed E-state index contributed by atoms with van der Waals surface area (Å²) in [7, 11) is 1.27. The molecular weight excluding hydrogens is 379 g/mol. The van der Waals surface area contributed by atoms with E-state index in [1.165, 1.54) is 25.5 Å². The summed E-state index contributed by atoms with van der Waals surface area (Å²) in [6.45, 7) is 7.50. The van der Waals surface area contributed by atoms with Gasteiger partial charge in [0.15, 0.2) is 0 Å². The first-order valence-corrected chi connectivity index (χ1v) is 9.73. The Hall–Kier alpha value is -2.51. The number of hydrogen-bond acceptors (Lipinski definition) is 5. The van der Waals surface area contributed by atoms with Gasteiger partial charge in [0.25, 0.3) is 5.91 Å². The molecule has 0 aliphatic heterocycles. The van der Waals surface area contributed by atoms with E-state index in [1.807, 2.05) is 0 Å². The lowest BCUT2D eigenvalue weighted by atomic mass is 9.92. The van der Waals surface area contributed by atoms with E-state index in [0.717, 1.165) is 0 Å². The highest BCUT2D eigenvalue weighted by atomic mass is 19.1. The molecule has 2 unspecified atom stereocenters. The molecule has 1 aliphatic rings. The molecule has 0 fully saturated rings. The van der Waals surface area contributed by atoms with Crippen molar-refractivity contribution in [3.05, 3.63) is 23.6 Å². The largest absolute Gasteiger partial charge is 0.469 e. The molecule has 29 heavy (non-hydrogen) atoms. The molecule has 0 aromatic rings. The summed E-state index contributed by atoms with van der Waals surface area (Å²) in [4.78, 5) is 39.7. The third kappa shape index (κ3) is 9.49. The van der Waals surface area contributed by atoms with Crippen molar-refractivity contribution in [1.29, 1.82) is 0 Å². The normalized spacial score (nSPS) is 17.9. The number of nitrogens with one attached hydrogen (secondary N) is 1. The molecule has 7 nitrogen and oxygen atoms in total. The summed E-state index contributed by atoms with van der Waals surface area (Å²) < 4.78 is 23.2. The summed E-state index contributed by atoms with van der Waals surface area (Å²) in [5, 5.41) is 2.65. The number of nitrogens with zero attached hydrogens (tertiary/aromatic N) is 1. The minimum atomic E-state index is -0.669. The van der Waals surface area contributed by atoms with Crippen molar-refractivity contribution >= 4 is 24.2 Å². The third-order valence-electron chi connectivity index (χ3n) is 4.21. The van der Waals surface area contributed by atoms with Gasteiger partial charge in [0, 0.05) is 24.8 Å². The fourth-order valence-corrected chi connectivity index (χ4v) is 2.73. The first-order chi connectivity index (χ1) is 13.5. The highest BCUT2D eigenvalue weighted by molar-refractivity contribution is 6.02. The lowest BCUT2D eigenvalue weighted by molar-refractivity contribution is -0.143. The molecule has 0 saturated heterocycles. The number of ether oxygens (including phenoxy) is 2. The lowest BCUT2D eigenvalue weighted by Gasteiger charge is -2.19. The average molecular weight is 410 g/mol. The second kappa shape index (κ2) is 11.5. The minimum Gasteiger partial charge on any atom is -0.469 e. The van der Waals surface area contributed by atoms with Crippen LogP contribution >= 0.6 is 0 Å². The van der Waals surface area contributed by atoms with Gasteiger partial charge in [0.2, 0.25) is 0 Å². The fraction of sp³-hybridized carbons (Fsp3) is 0.619. The Morgan fingerprint density at radius 2 is 2.00 bits per heavy atom. The minimum absolute atomic E-state index is 0.165. The van der Waals surface area contributed by atoms with Crippen LogP contribution in [0.5, 0.6) is 0 Å². The van der Waals surface area contributed by atoms with E-state index < -0.39 is 29.5 Å². The van der Waals surface area contributed by atoms with Gasteiger partial charge in [-0.2, -0.15) is 0 Å². The number of aliphatic imine (C=N–C) groups is 1. The highest BCUT2D eigenvalue weighted by Gasteiger charge is 2.22. The van der Waals surface area contributed by atoms with E-state index in [2.05, 4.69) is 10.3 Å². The zero-order valence-corrected chi connectivity index (χ0v) is 17.8. The number of amides is 2. The highest BCUT2D eigenvalue weighted by Crippen LogP contribution is 2.26. The number of carbonyl (C=O) groups excluding carboxylic acids is 3. The fourth-order valence-electron chi connectivity index (χ4n) is 2.73. The Bertz CT molecular complexity index is 692. The van der Waals surface area contributed by atoms with Gasteiger partial charge < -0.3 is 14.8 Å². The molecular formula is C21H31FN2O5. The maximum atomic E-state index is 13.2. The van der Waals surface area contributed by atoms with Crippen LogP contribution in [0.15, 0.2) is 28.5 Å². The number of hydrogen-bond donors (Lipinski definition) is 1. The maximum Gasteiger partial charge on any atom is 0.407 e. The van der Waals surface area contributed by atoms with Crippen LogP contribution in [0.3, 0.4) is 0 Å². The predicted octanol–water partition coefficient (Wildman–Crippen LogP) is 3.89. The van der Waals surface area contributed by atoms with E-state index in [4.69, 9.17) is 9.47 Å². The first kappa shape index (κ1) is 24.5. The Kier molecular flexibility index (Phi) is 9.71. The number of alkyl carbamates (subject to hydrolysis) is 1. The van der Waals surface area contributed by atoms with Crippen LogP contribution in [0.25, 0.3) is 0 Å². The van der Waals surface area contributed by atoms with Crippen molar-refractivity contribution in [3.63, 3.8) is 0 Å². The summed E-state index contributed by atoms with van der Waals surface area (Å²) in [6, 6.07) is 0. The van der Waals surface area contributed by atoms with Crippen molar-refractivity contribution in [2.75, 3.05) is 13.7 Å². The van der Waals surface area contributed by atoms with Crippen molar-refractivity contribution in [1.82, 2.24) is 5.32 Å². The molecule has 8 heteroatoms. The monoisotopic (exact) mass is 410 g/mol. The van der Waals surface area contributed by atoms with Crippen LogP contribution in [0.2, 0.25) is 0 Å². The number of rotatable bonds is 8. The molecule has 0 aromatic heterocycles. The van der Waals surface area contributed by atoms with Crippen molar-refractivity contribution in [2.45, 2.75) is 59.0 Å². The number of halogens is 1. The molecule has 2 atom stereocenters. The van der Waals surface area contributed by atoms with E-state index in [-0.39, 0.29) is 18.2 Å². The van der Waals surface area contributed by atoms with Crippen LogP contribution in [-0.2, 0) is 19.1 Å². The molecule has 0 bridgehead atoms. The molecule has 0 aromatic carbocycles. The third-order valence-corrected chi connectivity index (χ3v) is 4.21. The van der Waals surface area contributed by atoms with Gasteiger partial charge in [-0.3, -0.25) is 9.59 Å². The number of carbonyl (C=O) groups is 3. The van der Waals surface area contributed by atoms with E-state index in [9.17, 15) is 18.8 Å². The number of allylic oxidation sites excluding steroid dienone is 3. The van der Waals surface area contributed by atoms with Gasteiger partial charge >= 0.3 is 12.1 Å². The summed E-state index contributed by atoms with van der Waals surface area (Å²) in [6.07, 6.45) is 5.31. The molecule has 0 spiro atoms. The zero-order chi connectivity index (χ0) is 22.0. The molecule has 2 amide bonds. The molecule has 0 radical (unpaired) electrons. The Labute approximate surface area is 171 Å². The van der Waals surface area contributed by atoms with Gasteiger partial charge in [0.1, 0.15) is 11.4 Å². The van der Waals surface area contributed by atoms with Crippen LogP contribution in [0, 0.1) is 11.8 Å². The molecule has 0 heterocycles. The Morgan fingerprint density at radius 3 is 2.59 bits per heavy atom. The standard InChI is InChI=1S/C21H31FN2O5/c1-14-12-16(22)9-10-17(14)18(25)24-13-15(19(26)28-5)8-6-7-11-23-20(27)29-21(2,3)4/h9-10,13-15H,6-8,11-12H2,1-5H3,(H,23,27). The Morgan fingerprint density at radius 1 is 1.31 bits per heavy atom. The van der Waals surface area contributed by atoms with Crippen molar-refractivity contribution < 1.29 is 28.2 Å². The molecule has 1 aliphatic carbocycles. The number of esters is 1. The van der Waals surface area contributed by atoms with Crippen LogP contribution in [0.1, 0.15) is 53.4 Å². The average Bonchev–Trinajstić information content (AvgIpc) is 2.61. The molecule has 162 valence electrons. The van der Waals surface area contributed by atoms with Gasteiger partial charge in [-0.05, 0) is 45.6 Å². The lowest BCUT2D eigenvalue weighted by Crippen LogP contribution is -2.33. The van der Waals surface area contributed by atoms with E-state index >= 15 is 0 Å². The number of unbranched alkanes of at least 4 members (excludes halogenated alkanes) is 1. The summed E-state index contributed by atoms with van der Waals surface area (Å²) in [5.41, 5.74) is -0.150. The van der Waals surface area contributed by atoms with Crippen molar-refractivity contribution in [3.8, 4) is 0 Å². The summed E-state index contributed by atoms with van der Waals surface area (Å²) >= 11 is 0. The topological polar surface area (TPSA) is 94.1 Å². The number of methoxy groups -OCH3 is 1. The molecule has 1 N–H and O–H groups in total.